The number of halogens is 1. The Morgan fingerprint density at radius 2 is 2.33 bits per heavy atom. The third-order valence-electron chi connectivity index (χ3n) is 2.09. The summed E-state index contributed by atoms with van der Waals surface area (Å²) in [6.45, 7) is 1.08. The molecule has 0 unspecified atom stereocenters. The Bertz CT molecular complexity index is 311. The van der Waals surface area contributed by atoms with E-state index in [-0.39, 0.29) is 0 Å². The molecular weight excluding hydrogens is 234 g/mol. The van der Waals surface area contributed by atoms with Crippen molar-refractivity contribution < 1.29 is 0 Å². The second kappa shape index (κ2) is 3.30. The number of thioether (sulfide) groups is 1. The molecule has 1 aromatic rings. The second-order valence-electron chi connectivity index (χ2n) is 2.82. The molecule has 3 heteroatoms. The normalized spacial score (nSPS) is 14.2. The first-order chi connectivity index (χ1) is 5.81. The number of hydrogen-bond acceptors (Lipinski definition) is 2. The van der Waals surface area contributed by atoms with E-state index in [0.717, 1.165) is 13.0 Å². The summed E-state index contributed by atoms with van der Waals surface area (Å²) in [6, 6.07) is 4.44. The number of anilines is 1. The molecule has 0 spiro atoms. The topological polar surface area (TPSA) is 12.0 Å². The third kappa shape index (κ3) is 1.36. The fraction of sp³-hybridized carbons (Fsp3) is 0.333. The highest BCUT2D eigenvalue weighted by molar-refractivity contribution is 9.10. The molecule has 0 aromatic heterocycles. The summed E-state index contributed by atoms with van der Waals surface area (Å²) in [5.74, 6) is 0. The van der Waals surface area contributed by atoms with E-state index >= 15 is 0 Å². The minimum Gasteiger partial charge on any atom is -0.384 e. The van der Waals surface area contributed by atoms with E-state index in [1.165, 1.54) is 20.6 Å². The van der Waals surface area contributed by atoms with Crippen LogP contribution in [0.15, 0.2) is 21.5 Å². The molecule has 1 N–H and O–H groups in total. The fourth-order valence-electron chi connectivity index (χ4n) is 1.46. The Kier molecular flexibility index (Phi) is 2.33. The Balaban J connectivity index is 2.49. The monoisotopic (exact) mass is 243 g/mol. The Morgan fingerprint density at radius 1 is 1.50 bits per heavy atom. The van der Waals surface area contributed by atoms with E-state index in [4.69, 9.17) is 0 Å². The van der Waals surface area contributed by atoms with E-state index < -0.39 is 0 Å². The van der Waals surface area contributed by atoms with Crippen LogP contribution in [-0.4, -0.2) is 12.8 Å². The lowest BCUT2D eigenvalue weighted by Crippen LogP contribution is -1.90. The van der Waals surface area contributed by atoms with Crippen LogP contribution in [0.4, 0.5) is 5.69 Å². The lowest BCUT2D eigenvalue weighted by atomic mass is 10.2. The number of fused-ring (bicyclic) bond motifs is 1. The molecule has 1 nitrogen and oxygen atoms in total. The van der Waals surface area contributed by atoms with Gasteiger partial charge >= 0.3 is 0 Å². The summed E-state index contributed by atoms with van der Waals surface area (Å²) >= 11 is 5.34. The molecular formula is C9H10BrNS. The van der Waals surface area contributed by atoms with Crippen LogP contribution in [0.3, 0.4) is 0 Å². The minimum atomic E-state index is 1.08. The number of benzene rings is 1. The molecule has 0 radical (unpaired) electrons. The highest BCUT2D eigenvalue weighted by Gasteiger charge is 2.12. The van der Waals surface area contributed by atoms with Gasteiger partial charge in [-0.1, -0.05) is 0 Å². The van der Waals surface area contributed by atoms with Gasteiger partial charge < -0.3 is 5.32 Å². The zero-order valence-electron chi connectivity index (χ0n) is 6.86. The SMILES string of the molecule is CSc1cc2c(cc1Br)NCC2. The van der Waals surface area contributed by atoms with E-state index in [9.17, 15) is 0 Å². The molecule has 0 aliphatic carbocycles. The average molecular weight is 244 g/mol. The maximum absolute atomic E-state index is 3.55. The summed E-state index contributed by atoms with van der Waals surface area (Å²) < 4.78 is 1.20. The maximum Gasteiger partial charge on any atom is 0.0385 e. The minimum absolute atomic E-state index is 1.08. The summed E-state index contributed by atoms with van der Waals surface area (Å²) in [5, 5.41) is 3.35. The Hall–Kier alpha value is -0.150. The van der Waals surface area contributed by atoms with Crippen molar-refractivity contribution in [3.8, 4) is 0 Å². The molecule has 12 heavy (non-hydrogen) atoms. The van der Waals surface area contributed by atoms with Crippen LogP contribution in [0.1, 0.15) is 5.56 Å². The van der Waals surface area contributed by atoms with Crippen LogP contribution in [0.25, 0.3) is 0 Å². The highest BCUT2D eigenvalue weighted by atomic mass is 79.9. The summed E-state index contributed by atoms with van der Waals surface area (Å²) in [7, 11) is 0. The Morgan fingerprint density at radius 3 is 3.08 bits per heavy atom. The van der Waals surface area contributed by atoms with Gasteiger partial charge in [-0.25, -0.2) is 0 Å². The maximum atomic E-state index is 3.55. The van der Waals surface area contributed by atoms with Crippen LogP contribution in [0, 0.1) is 0 Å². The molecule has 1 aliphatic rings. The molecule has 64 valence electrons. The van der Waals surface area contributed by atoms with Crippen molar-refractivity contribution in [1.29, 1.82) is 0 Å². The number of nitrogens with one attached hydrogen (secondary N) is 1. The summed E-state index contributed by atoms with van der Waals surface area (Å²) in [6.07, 6.45) is 3.27. The zero-order chi connectivity index (χ0) is 8.55. The van der Waals surface area contributed by atoms with Crippen molar-refractivity contribution in [2.45, 2.75) is 11.3 Å². The summed E-state index contributed by atoms with van der Waals surface area (Å²) in [4.78, 5) is 1.33. The van der Waals surface area contributed by atoms with Gasteiger partial charge in [-0.05, 0) is 46.3 Å². The van der Waals surface area contributed by atoms with Crippen LogP contribution >= 0.6 is 27.7 Å². The predicted octanol–water partition coefficient (Wildman–Crippen LogP) is 3.14. The molecule has 0 amide bonds. The van der Waals surface area contributed by atoms with E-state index in [1.54, 1.807) is 11.8 Å². The standard InChI is InChI=1S/C9H10BrNS/c1-12-9-4-6-2-3-11-8(6)5-7(9)10/h4-5,11H,2-3H2,1H3. The van der Waals surface area contributed by atoms with Crippen molar-refractivity contribution in [1.82, 2.24) is 0 Å². The molecule has 0 atom stereocenters. The number of hydrogen-bond donors (Lipinski definition) is 1. The Labute approximate surface area is 85.1 Å². The van der Waals surface area contributed by atoms with Gasteiger partial charge in [-0.15, -0.1) is 11.8 Å². The van der Waals surface area contributed by atoms with Crippen molar-refractivity contribution in [2.24, 2.45) is 0 Å². The molecule has 1 aliphatic heterocycles. The van der Waals surface area contributed by atoms with Crippen LogP contribution in [0.2, 0.25) is 0 Å². The van der Waals surface area contributed by atoms with Gasteiger partial charge in [0.2, 0.25) is 0 Å². The molecule has 0 bridgehead atoms. The smallest absolute Gasteiger partial charge is 0.0385 e. The molecule has 0 fully saturated rings. The first-order valence-corrected chi connectivity index (χ1v) is 5.93. The number of rotatable bonds is 1. The van der Waals surface area contributed by atoms with Gasteiger partial charge in [0, 0.05) is 21.6 Å². The molecule has 1 aromatic carbocycles. The van der Waals surface area contributed by atoms with Gasteiger partial charge in [-0.2, -0.15) is 0 Å². The van der Waals surface area contributed by atoms with Gasteiger partial charge in [0.15, 0.2) is 0 Å². The van der Waals surface area contributed by atoms with E-state index in [1.807, 2.05) is 0 Å². The molecule has 2 rings (SSSR count). The van der Waals surface area contributed by atoms with Gasteiger partial charge in [0.1, 0.15) is 0 Å². The largest absolute Gasteiger partial charge is 0.384 e. The molecule has 0 saturated carbocycles. The quantitative estimate of drug-likeness (QED) is 0.761. The molecule has 0 saturated heterocycles. The van der Waals surface area contributed by atoms with Gasteiger partial charge in [0.05, 0.1) is 0 Å². The third-order valence-corrected chi connectivity index (χ3v) is 3.78. The predicted molar refractivity (Wildman–Crippen MR) is 58.1 cm³/mol. The van der Waals surface area contributed by atoms with E-state index in [0.29, 0.717) is 0 Å². The van der Waals surface area contributed by atoms with Crippen molar-refractivity contribution in [3.05, 3.63) is 22.2 Å². The zero-order valence-corrected chi connectivity index (χ0v) is 9.26. The van der Waals surface area contributed by atoms with Crippen LogP contribution in [-0.2, 0) is 6.42 Å². The first-order valence-electron chi connectivity index (χ1n) is 3.91. The average Bonchev–Trinajstić information content (AvgIpc) is 2.49. The van der Waals surface area contributed by atoms with Gasteiger partial charge in [0.25, 0.3) is 0 Å². The highest BCUT2D eigenvalue weighted by Crippen LogP contribution is 2.33. The van der Waals surface area contributed by atoms with Crippen LogP contribution in [0.5, 0.6) is 0 Å². The molecule has 1 heterocycles. The first kappa shape index (κ1) is 8.45. The second-order valence-corrected chi connectivity index (χ2v) is 4.52. The van der Waals surface area contributed by atoms with Crippen molar-refractivity contribution in [3.63, 3.8) is 0 Å². The summed E-state index contributed by atoms with van der Waals surface area (Å²) in [5.41, 5.74) is 2.74. The lowest BCUT2D eigenvalue weighted by Gasteiger charge is -2.04. The van der Waals surface area contributed by atoms with Crippen molar-refractivity contribution in [2.75, 3.05) is 18.1 Å². The van der Waals surface area contributed by atoms with Crippen molar-refractivity contribution >= 4 is 33.4 Å². The van der Waals surface area contributed by atoms with Crippen LogP contribution < -0.4 is 5.32 Å². The fourth-order valence-corrected chi connectivity index (χ4v) is 2.80. The van der Waals surface area contributed by atoms with E-state index in [2.05, 4.69) is 39.6 Å². The lowest BCUT2D eigenvalue weighted by molar-refractivity contribution is 1.10. The van der Waals surface area contributed by atoms with Gasteiger partial charge in [-0.3, -0.25) is 0 Å².